The fraction of sp³-hybridized carbons (Fsp3) is 0.719. The van der Waals surface area contributed by atoms with Gasteiger partial charge in [0.05, 0.1) is 11.5 Å². The predicted octanol–water partition coefficient (Wildman–Crippen LogP) is 9.57. The first-order valence-corrected chi connectivity index (χ1v) is 18.3. The zero-order valence-corrected chi connectivity index (χ0v) is 27.6. The quantitative estimate of drug-likeness (QED) is 0.113. The molecular weight excluding hydrogens is 680 g/mol. The topological polar surface area (TPSA) is 39.1 Å². The first kappa shape index (κ1) is 32.5. The van der Waals surface area contributed by atoms with Crippen molar-refractivity contribution < 1.29 is 22.0 Å². The van der Waals surface area contributed by atoms with Gasteiger partial charge in [-0.1, -0.05) is 47.8 Å². The van der Waals surface area contributed by atoms with Crippen LogP contribution in [-0.2, 0) is 9.60 Å². The van der Waals surface area contributed by atoms with E-state index >= 15 is 4.39 Å². The summed E-state index contributed by atoms with van der Waals surface area (Å²) in [6, 6.07) is -0.233. The second-order valence-corrected chi connectivity index (χ2v) is 17.3. The lowest BCUT2D eigenvalue weighted by molar-refractivity contribution is -0.184. The highest BCUT2D eigenvalue weighted by atomic mass is 127. The monoisotopic (exact) mass is 725 g/mol. The van der Waals surface area contributed by atoms with Gasteiger partial charge in [-0.05, 0) is 114 Å². The lowest BCUT2D eigenvalue weighted by Crippen LogP contribution is -2.46. The number of hydrogen-bond acceptors (Lipinski definition) is 2. The van der Waals surface area contributed by atoms with Gasteiger partial charge in [-0.15, -0.1) is 0 Å². The molecule has 2 saturated carbocycles. The number of alkyl halides is 4. The van der Waals surface area contributed by atoms with Gasteiger partial charge < -0.3 is 5.32 Å². The van der Waals surface area contributed by atoms with Gasteiger partial charge in [0.2, 0.25) is 0 Å². The van der Waals surface area contributed by atoms with Crippen molar-refractivity contribution in [3.05, 3.63) is 44.8 Å². The standard InChI is InChI=1S/C32H45F5IN3S/c1-19(15-25-16-27(28(33)18-40-25)22-5-7-23(8-6-22)32(35,36)37)20(2)21(3)29-17-30(34)31(13-14-31)41(29)42(4,39)26-11-9-24(38)10-12-26/h9,11,18-20,22-23,25,27,29-30,39-40H,3-8,10,12-17H2,1-2H3/t19?,20?,22?,23?,25?,27?,29-,30+,42?/m0/s1. The second-order valence-electron chi connectivity index (χ2n) is 13.6. The number of allylic oxidation sites excluding steroid dienone is 5. The number of rotatable bonds is 8. The lowest BCUT2D eigenvalue weighted by atomic mass is 9.71. The third-order valence-electron chi connectivity index (χ3n) is 11.0. The Labute approximate surface area is 262 Å². The molecule has 42 heavy (non-hydrogen) atoms. The second kappa shape index (κ2) is 12.1. The summed E-state index contributed by atoms with van der Waals surface area (Å²) in [6.07, 6.45) is 6.16. The lowest BCUT2D eigenvalue weighted by Gasteiger charge is -2.41. The third-order valence-corrected chi connectivity index (χ3v) is 14.4. The van der Waals surface area contributed by atoms with Crippen LogP contribution in [0.1, 0.15) is 84.5 Å². The highest BCUT2D eigenvalue weighted by Gasteiger charge is 2.64. The van der Waals surface area contributed by atoms with Gasteiger partial charge in [0, 0.05) is 35.5 Å². The van der Waals surface area contributed by atoms with Crippen molar-refractivity contribution in [2.24, 2.45) is 29.6 Å². The van der Waals surface area contributed by atoms with Gasteiger partial charge in [-0.25, -0.2) is 13.1 Å². The van der Waals surface area contributed by atoms with E-state index in [-0.39, 0.29) is 54.4 Å². The highest BCUT2D eigenvalue weighted by molar-refractivity contribution is 14.1. The van der Waals surface area contributed by atoms with Crippen molar-refractivity contribution in [1.29, 1.82) is 4.78 Å². The van der Waals surface area contributed by atoms with Crippen LogP contribution >= 0.6 is 22.6 Å². The Morgan fingerprint density at radius 1 is 1.17 bits per heavy atom. The third kappa shape index (κ3) is 6.28. The van der Waals surface area contributed by atoms with Crippen LogP contribution in [0.2, 0.25) is 0 Å². The molecule has 236 valence electrons. The Kier molecular flexibility index (Phi) is 9.40. The SMILES string of the molecule is C=C(C(C)C(C)CC1CC(C2CCC(C(F)(F)F)CC2)C(F)=CN1)[C@@H]1C[C@@H](F)C2(CC2)N1S(=C)(=N)C1=CC=C(I)CC1. The van der Waals surface area contributed by atoms with Gasteiger partial charge in [-0.2, -0.15) is 13.2 Å². The van der Waals surface area contributed by atoms with Crippen LogP contribution in [0.3, 0.4) is 0 Å². The van der Waals surface area contributed by atoms with E-state index < -0.39 is 33.4 Å². The molecule has 2 heterocycles. The van der Waals surface area contributed by atoms with E-state index in [9.17, 15) is 22.3 Å². The van der Waals surface area contributed by atoms with Crippen LogP contribution in [0.25, 0.3) is 0 Å². The van der Waals surface area contributed by atoms with Crippen LogP contribution in [0.4, 0.5) is 22.0 Å². The van der Waals surface area contributed by atoms with E-state index in [2.05, 4.69) is 64.6 Å². The molecule has 2 aliphatic heterocycles. The first-order chi connectivity index (χ1) is 19.6. The van der Waals surface area contributed by atoms with Crippen molar-refractivity contribution in [1.82, 2.24) is 9.62 Å². The summed E-state index contributed by atoms with van der Waals surface area (Å²) >= 11 is 2.32. The molecule has 5 aliphatic rings. The van der Waals surface area contributed by atoms with Crippen LogP contribution in [0, 0.1) is 34.4 Å². The van der Waals surface area contributed by atoms with Crippen molar-refractivity contribution in [3.8, 4) is 0 Å². The molecular formula is C32H45F5IN3S. The van der Waals surface area contributed by atoms with Crippen molar-refractivity contribution >= 4 is 38.1 Å². The minimum atomic E-state index is -4.17. The number of halogens is 6. The summed E-state index contributed by atoms with van der Waals surface area (Å²) in [7, 11) is -2.37. The first-order valence-electron chi connectivity index (χ1n) is 15.4. The van der Waals surface area contributed by atoms with Crippen LogP contribution in [-0.4, -0.2) is 40.1 Å². The summed E-state index contributed by atoms with van der Waals surface area (Å²) in [4.78, 5) is 0.998. The summed E-state index contributed by atoms with van der Waals surface area (Å²) in [6.45, 7) is 8.78. The number of nitrogens with one attached hydrogen (secondary N) is 2. The van der Waals surface area contributed by atoms with Crippen molar-refractivity contribution in [3.63, 3.8) is 0 Å². The normalized spacial score (nSPS) is 36.2. The molecule has 2 N–H and O–H groups in total. The maximum Gasteiger partial charge on any atom is 0.391 e. The van der Waals surface area contributed by atoms with E-state index in [4.69, 9.17) is 0 Å². The van der Waals surface area contributed by atoms with Gasteiger partial charge in [0.1, 0.15) is 12.0 Å². The van der Waals surface area contributed by atoms with Crippen LogP contribution in [0.5, 0.6) is 0 Å². The van der Waals surface area contributed by atoms with E-state index in [0.717, 1.165) is 42.6 Å². The molecule has 0 amide bonds. The minimum Gasteiger partial charge on any atom is -0.386 e. The Bertz CT molecular complexity index is 1240. The molecule has 5 rings (SSSR count). The van der Waals surface area contributed by atoms with Crippen LogP contribution in [0.15, 0.2) is 44.8 Å². The fourth-order valence-electron chi connectivity index (χ4n) is 8.00. The molecule has 0 aromatic heterocycles. The molecule has 1 spiro atoms. The summed E-state index contributed by atoms with van der Waals surface area (Å²) in [5, 5.41) is 3.21. The smallest absolute Gasteiger partial charge is 0.386 e. The van der Waals surface area contributed by atoms with Gasteiger partial charge in [0.25, 0.3) is 0 Å². The Balaban J connectivity index is 1.25. The Morgan fingerprint density at radius 3 is 2.40 bits per heavy atom. The predicted molar refractivity (Wildman–Crippen MR) is 172 cm³/mol. The molecule has 7 atom stereocenters. The van der Waals surface area contributed by atoms with E-state index in [1.54, 1.807) is 0 Å². The maximum absolute atomic E-state index is 15.6. The average molecular weight is 726 g/mol. The van der Waals surface area contributed by atoms with E-state index in [1.165, 1.54) is 9.78 Å². The Morgan fingerprint density at radius 2 is 1.83 bits per heavy atom. The maximum atomic E-state index is 15.6. The average Bonchev–Trinajstić information content (AvgIpc) is 3.68. The Hall–Kier alpha value is -0.880. The molecule has 0 radical (unpaired) electrons. The zero-order valence-electron chi connectivity index (χ0n) is 24.7. The van der Waals surface area contributed by atoms with Gasteiger partial charge >= 0.3 is 6.18 Å². The van der Waals surface area contributed by atoms with E-state index in [1.807, 2.05) is 6.08 Å². The van der Waals surface area contributed by atoms with Gasteiger partial charge in [-0.3, -0.25) is 4.78 Å². The minimum absolute atomic E-state index is 0.0128. The molecule has 3 aliphatic carbocycles. The van der Waals surface area contributed by atoms with Crippen molar-refractivity contribution in [2.75, 3.05) is 0 Å². The molecule has 0 aromatic rings. The zero-order chi connectivity index (χ0) is 30.6. The highest BCUT2D eigenvalue weighted by Crippen LogP contribution is 2.58. The molecule has 3 fully saturated rings. The fourth-order valence-corrected chi connectivity index (χ4v) is 11.0. The number of hydrogen-bond donors (Lipinski definition) is 2. The molecule has 10 heteroatoms. The van der Waals surface area contributed by atoms with Crippen LogP contribution < -0.4 is 5.32 Å². The van der Waals surface area contributed by atoms with E-state index in [0.29, 0.717) is 25.7 Å². The molecule has 3 nitrogen and oxygen atoms in total. The molecule has 0 bridgehead atoms. The summed E-state index contributed by atoms with van der Waals surface area (Å²) < 4.78 is 82.9. The molecule has 0 aromatic carbocycles. The largest absolute Gasteiger partial charge is 0.391 e. The molecule has 5 unspecified atom stereocenters. The molecule has 1 saturated heterocycles. The van der Waals surface area contributed by atoms with Gasteiger partial charge in [0.15, 0.2) is 0 Å². The van der Waals surface area contributed by atoms with Crippen molar-refractivity contribution in [2.45, 2.75) is 114 Å². The summed E-state index contributed by atoms with van der Waals surface area (Å²) in [5.41, 5.74) is 0.346. The summed E-state index contributed by atoms with van der Waals surface area (Å²) in [5.74, 6) is 2.73. The number of nitrogens with zero attached hydrogens (tertiary/aromatic N) is 1.